The zero-order valence-electron chi connectivity index (χ0n) is 11.1. The lowest BCUT2D eigenvalue weighted by atomic mass is 10.1. The van der Waals surface area contributed by atoms with Crippen molar-refractivity contribution in [2.45, 2.75) is 46.7 Å². The molecule has 0 aromatic rings. The van der Waals surface area contributed by atoms with E-state index in [1.54, 1.807) is 0 Å². The predicted molar refractivity (Wildman–Crippen MR) is 69.2 cm³/mol. The zero-order valence-corrected chi connectivity index (χ0v) is 11.1. The smallest absolute Gasteiger partial charge is 0.0163 e. The van der Waals surface area contributed by atoms with Crippen molar-refractivity contribution in [3.63, 3.8) is 0 Å². The van der Waals surface area contributed by atoms with Gasteiger partial charge in [-0.05, 0) is 26.3 Å². The van der Waals surface area contributed by atoms with Crippen molar-refractivity contribution >= 4 is 0 Å². The molecule has 15 heavy (non-hydrogen) atoms. The van der Waals surface area contributed by atoms with Crippen LogP contribution in [0.25, 0.3) is 0 Å². The van der Waals surface area contributed by atoms with Gasteiger partial charge in [0, 0.05) is 25.2 Å². The Morgan fingerprint density at radius 3 is 2.20 bits per heavy atom. The maximum atomic E-state index is 3.81. The fourth-order valence-corrected chi connectivity index (χ4v) is 1.56. The molecule has 2 nitrogen and oxygen atoms in total. The van der Waals surface area contributed by atoms with Crippen LogP contribution in [0.5, 0.6) is 0 Å². The number of rotatable bonds is 8. The lowest BCUT2D eigenvalue weighted by Gasteiger charge is -2.28. The Bertz CT molecular complexity index is 164. The average Bonchev–Trinajstić information content (AvgIpc) is 2.14. The van der Waals surface area contributed by atoms with Crippen molar-refractivity contribution < 1.29 is 0 Å². The van der Waals surface area contributed by atoms with Gasteiger partial charge in [0.25, 0.3) is 0 Å². The molecule has 0 radical (unpaired) electrons. The highest BCUT2D eigenvalue weighted by Crippen LogP contribution is 2.04. The molecule has 0 aromatic carbocycles. The fourth-order valence-electron chi connectivity index (χ4n) is 1.56. The summed E-state index contributed by atoms with van der Waals surface area (Å²) in [5.41, 5.74) is 0. The molecular weight excluding hydrogens is 184 g/mol. The minimum Gasteiger partial charge on any atom is -0.314 e. The maximum absolute atomic E-state index is 3.81. The molecule has 0 aliphatic rings. The molecule has 0 bridgehead atoms. The molecule has 0 fully saturated rings. The summed E-state index contributed by atoms with van der Waals surface area (Å²) in [5, 5.41) is 3.48. The van der Waals surface area contributed by atoms with Crippen LogP contribution in [0.1, 0.15) is 34.6 Å². The van der Waals surface area contributed by atoms with Crippen LogP contribution in [0.3, 0.4) is 0 Å². The first kappa shape index (κ1) is 14.7. The van der Waals surface area contributed by atoms with Gasteiger partial charge in [-0.15, -0.1) is 6.58 Å². The van der Waals surface area contributed by atoms with Crippen molar-refractivity contribution in [1.82, 2.24) is 10.2 Å². The third-order valence-electron chi connectivity index (χ3n) is 2.51. The van der Waals surface area contributed by atoms with Gasteiger partial charge in [0.2, 0.25) is 0 Å². The second-order valence-corrected chi connectivity index (χ2v) is 5.00. The highest BCUT2D eigenvalue weighted by Gasteiger charge is 2.11. The number of nitrogens with one attached hydrogen (secondary N) is 1. The summed E-state index contributed by atoms with van der Waals surface area (Å²) in [4.78, 5) is 2.46. The van der Waals surface area contributed by atoms with Gasteiger partial charge in [0.15, 0.2) is 0 Å². The summed E-state index contributed by atoms with van der Waals surface area (Å²) in [6.45, 7) is 18.2. The molecule has 90 valence electrons. The Morgan fingerprint density at radius 1 is 1.20 bits per heavy atom. The van der Waals surface area contributed by atoms with Gasteiger partial charge in [-0.3, -0.25) is 4.90 Å². The molecule has 0 aliphatic heterocycles. The second kappa shape index (κ2) is 7.89. The minimum absolute atomic E-state index is 0.583. The monoisotopic (exact) mass is 212 g/mol. The molecule has 0 rings (SSSR count). The Balaban J connectivity index is 3.88. The fraction of sp³-hybridized carbons (Fsp3) is 0.846. The number of nitrogens with zero attached hydrogens (tertiary/aromatic N) is 1. The first-order valence-corrected chi connectivity index (χ1v) is 6.05. The van der Waals surface area contributed by atoms with E-state index in [0.29, 0.717) is 18.0 Å². The van der Waals surface area contributed by atoms with Crippen LogP contribution >= 0.6 is 0 Å². The normalized spacial score (nSPS) is 13.9. The topological polar surface area (TPSA) is 15.3 Å². The largest absolute Gasteiger partial charge is 0.314 e. The van der Waals surface area contributed by atoms with Gasteiger partial charge < -0.3 is 5.32 Å². The van der Waals surface area contributed by atoms with E-state index < -0.39 is 0 Å². The van der Waals surface area contributed by atoms with Crippen LogP contribution in [-0.2, 0) is 0 Å². The Morgan fingerprint density at radius 2 is 1.80 bits per heavy atom. The number of hydrogen-bond donors (Lipinski definition) is 1. The standard InChI is InChI=1S/C13H28N2/c1-7-8-15(12(4)5)10-13(6)9-14-11(2)3/h7,11-14H,1,8-10H2,2-6H3. The zero-order chi connectivity index (χ0) is 11.8. The molecule has 0 aromatic heterocycles. The van der Waals surface area contributed by atoms with E-state index in [0.717, 1.165) is 19.6 Å². The average molecular weight is 212 g/mol. The van der Waals surface area contributed by atoms with E-state index in [-0.39, 0.29) is 0 Å². The Kier molecular flexibility index (Phi) is 7.71. The van der Waals surface area contributed by atoms with E-state index in [1.807, 2.05) is 6.08 Å². The van der Waals surface area contributed by atoms with Crippen LogP contribution in [0, 0.1) is 5.92 Å². The third-order valence-corrected chi connectivity index (χ3v) is 2.51. The molecule has 1 unspecified atom stereocenters. The molecule has 0 saturated carbocycles. The summed E-state index contributed by atoms with van der Waals surface area (Å²) in [5.74, 6) is 0.690. The highest BCUT2D eigenvalue weighted by atomic mass is 15.1. The summed E-state index contributed by atoms with van der Waals surface area (Å²) in [6, 6.07) is 1.18. The lowest BCUT2D eigenvalue weighted by Crippen LogP contribution is -2.39. The first-order valence-electron chi connectivity index (χ1n) is 6.05. The van der Waals surface area contributed by atoms with Gasteiger partial charge in [-0.2, -0.15) is 0 Å². The van der Waals surface area contributed by atoms with Crippen LogP contribution in [0.2, 0.25) is 0 Å². The van der Waals surface area contributed by atoms with Gasteiger partial charge in [-0.1, -0.05) is 26.8 Å². The minimum atomic E-state index is 0.583. The SMILES string of the molecule is C=CCN(CC(C)CNC(C)C)C(C)C. The highest BCUT2D eigenvalue weighted by molar-refractivity contribution is 4.77. The van der Waals surface area contributed by atoms with Crippen LogP contribution in [0.15, 0.2) is 12.7 Å². The van der Waals surface area contributed by atoms with Crippen LogP contribution < -0.4 is 5.32 Å². The molecule has 2 heteroatoms. The van der Waals surface area contributed by atoms with E-state index in [1.165, 1.54) is 0 Å². The molecule has 0 aliphatic carbocycles. The lowest BCUT2D eigenvalue weighted by molar-refractivity contribution is 0.209. The summed E-state index contributed by atoms with van der Waals surface area (Å²) in [7, 11) is 0. The molecule has 0 heterocycles. The van der Waals surface area contributed by atoms with Gasteiger partial charge in [0.05, 0.1) is 0 Å². The summed E-state index contributed by atoms with van der Waals surface area (Å²) in [6.07, 6.45) is 1.99. The second-order valence-electron chi connectivity index (χ2n) is 5.00. The maximum Gasteiger partial charge on any atom is 0.0163 e. The molecule has 1 atom stereocenters. The van der Waals surface area contributed by atoms with Crippen molar-refractivity contribution in [2.75, 3.05) is 19.6 Å². The van der Waals surface area contributed by atoms with Crippen molar-refractivity contribution in [3.05, 3.63) is 12.7 Å². The molecule has 0 saturated heterocycles. The van der Waals surface area contributed by atoms with Crippen molar-refractivity contribution in [1.29, 1.82) is 0 Å². The molecule has 0 spiro atoms. The van der Waals surface area contributed by atoms with E-state index >= 15 is 0 Å². The summed E-state index contributed by atoms with van der Waals surface area (Å²) >= 11 is 0. The van der Waals surface area contributed by atoms with Crippen molar-refractivity contribution in [3.8, 4) is 0 Å². The molecular formula is C13H28N2. The van der Waals surface area contributed by atoms with Gasteiger partial charge >= 0.3 is 0 Å². The van der Waals surface area contributed by atoms with E-state index in [2.05, 4.69) is 51.4 Å². The first-order chi connectivity index (χ1) is 6.97. The van der Waals surface area contributed by atoms with E-state index in [4.69, 9.17) is 0 Å². The Hall–Kier alpha value is -0.340. The third kappa shape index (κ3) is 7.57. The molecule has 1 N–H and O–H groups in total. The summed E-state index contributed by atoms with van der Waals surface area (Å²) < 4.78 is 0. The van der Waals surface area contributed by atoms with E-state index in [9.17, 15) is 0 Å². The van der Waals surface area contributed by atoms with Crippen molar-refractivity contribution in [2.24, 2.45) is 5.92 Å². The van der Waals surface area contributed by atoms with Crippen LogP contribution in [0.4, 0.5) is 0 Å². The quantitative estimate of drug-likeness (QED) is 0.622. The van der Waals surface area contributed by atoms with Gasteiger partial charge in [0.1, 0.15) is 0 Å². The van der Waals surface area contributed by atoms with Crippen LogP contribution in [-0.4, -0.2) is 36.6 Å². The van der Waals surface area contributed by atoms with Gasteiger partial charge in [-0.25, -0.2) is 0 Å². The predicted octanol–water partition coefficient (Wildman–Crippen LogP) is 2.52. The molecule has 0 amide bonds. The Labute approximate surface area is 95.7 Å². The number of hydrogen-bond acceptors (Lipinski definition) is 2.